The number of rotatable bonds is 3. The van der Waals surface area contributed by atoms with Gasteiger partial charge in [0.15, 0.2) is 5.65 Å². The number of aromatic nitrogens is 3. The van der Waals surface area contributed by atoms with E-state index in [4.69, 9.17) is 4.98 Å². The van der Waals surface area contributed by atoms with Crippen molar-refractivity contribution in [3.05, 3.63) is 50.7 Å². The summed E-state index contributed by atoms with van der Waals surface area (Å²) in [5, 5.41) is 0.816. The number of aryl methyl sites for hydroxylation is 2. The molecule has 1 saturated carbocycles. The van der Waals surface area contributed by atoms with Crippen LogP contribution in [0.15, 0.2) is 33.9 Å². The Morgan fingerprint density at radius 2 is 1.85 bits per heavy atom. The van der Waals surface area contributed by atoms with Gasteiger partial charge in [-0.1, -0.05) is 38.3 Å². The maximum Gasteiger partial charge on any atom is 0.267 e. The van der Waals surface area contributed by atoms with Gasteiger partial charge in [0.25, 0.3) is 5.56 Å². The first-order valence-corrected chi connectivity index (χ1v) is 9.66. The molecule has 2 aromatic heterocycles. The molecule has 4 rings (SSSR count). The number of fused-ring (bicyclic) bond motifs is 2. The van der Waals surface area contributed by atoms with Crippen LogP contribution in [-0.4, -0.2) is 14.1 Å². The first kappa shape index (κ1) is 17.0. The van der Waals surface area contributed by atoms with E-state index in [2.05, 4.69) is 6.92 Å². The minimum Gasteiger partial charge on any atom is -0.328 e. The average Bonchev–Trinajstić information content (AvgIpc) is 2.67. The number of hydrogen-bond donors (Lipinski definition) is 0. The summed E-state index contributed by atoms with van der Waals surface area (Å²) in [6.45, 7) is 2.10. The lowest BCUT2D eigenvalue weighted by atomic mass is 9.95. The Hall–Kier alpha value is -2.43. The lowest BCUT2D eigenvalue weighted by Crippen LogP contribution is -2.34. The summed E-state index contributed by atoms with van der Waals surface area (Å²) in [5.74, 6) is 0.821. The maximum atomic E-state index is 13.4. The van der Waals surface area contributed by atoms with Crippen LogP contribution in [0.25, 0.3) is 21.9 Å². The number of pyridine rings is 1. The molecule has 136 valence electrons. The molecule has 0 atom stereocenters. The highest BCUT2D eigenvalue weighted by Crippen LogP contribution is 2.28. The first-order valence-electron chi connectivity index (χ1n) is 9.66. The van der Waals surface area contributed by atoms with Crippen LogP contribution in [0.5, 0.6) is 0 Å². The Bertz CT molecular complexity index is 1090. The van der Waals surface area contributed by atoms with Crippen LogP contribution in [0.2, 0.25) is 0 Å². The molecule has 0 unspecified atom stereocenters. The molecule has 1 aromatic carbocycles. The fourth-order valence-electron chi connectivity index (χ4n) is 4.33. The molecule has 0 saturated heterocycles. The van der Waals surface area contributed by atoms with Crippen LogP contribution in [0.1, 0.15) is 57.3 Å². The Kier molecular flexibility index (Phi) is 4.39. The van der Waals surface area contributed by atoms with Crippen LogP contribution >= 0.6 is 0 Å². The highest BCUT2D eigenvalue weighted by atomic mass is 16.1. The van der Waals surface area contributed by atoms with Crippen LogP contribution in [0.4, 0.5) is 0 Å². The largest absolute Gasteiger partial charge is 0.328 e. The molecule has 5 heteroatoms. The summed E-state index contributed by atoms with van der Waals surface area (Å²) in [5.41, 5.74) is 0.972. The van der Waals surface area contributed by atoms with Crippen LogP contribution in [0, 0.1) is 0 Å². The standard InChI is InChI=1S/C21H25N3O2/c1-3-9-17-22-20-18(21(26)24(17)14-10-5-4-6-11-14)19(25)15-12-7-8-13-16(15)23(20)2/h7-8,12-14H,3-6,9-11H2,1-2H3. The molecule has 1 aliphatic carbocycles. The van der Waals surface area contributed by atoms with E-state index in [1.165, 1.54) is 6.42 Å². The SMILES string of the molecule is CCCc1nc2c(c(=O)c3ccccc3n2C)c(=O)n1C1CCCCC1. The highest BCUT2D eigenvalue weighted by molar-refractivity contribution is 5.91. The Balaban J connectivity index is 2.11. The zero-order valence-corrected chi connectivity index (χ0v) is 15.5. The fourth-order valence-corrected chi connectivity index (χ4v) is 4.33. The quantitative estimate of drug-likeness (QED) is 0.676. The van der Waals surface area contributed by atoms with Crippen molar-refractivity contribution in [2.24, 2.45) is 7.05 Å². The number of benzene rings is 1. The van der Waals surface area contributed by atoms with Crippen molar-refractivity contribution in [3.63, 3.8) is 0 Å². The van der Waals surface area contributed by atoms with Crippen molar-refractivity contribution >= 4 is 21.9 Å². The second kappa shape index (κ2) is 6.71. The Morgan fingerprint density at radius 3 is 2.58 bits per heavy atom. The van der Waals surface area contributed by atoms with Crippen molar-refractivity contribution < 1.29 is 0 Å². The summed E-state index contributed by atoms with van der Waals surface area (Å²) >= 11 is 0. The summed E-state index contributed by atoms with van der Waals surface area (Å²) < 4.78 is 3.74. The molecule has 3 aromatic rings. The molecule has 0 N–H and O–H groups in total. The van der Waals surface area contributed by atoms with Crippen molar-refractivity contribution in [1.29, 1.82) is 0 Å². The molecule has 0 aliphatic heterocycles. The van der Waals surface area contributed by atoms with Crippen molar-refractivity contribution in [2.75, 3.05) is 0 Å². The maximum absolute atomic E-state index is 13.4. The van der Waals surface area contributed by atoms with E-state index in [0.717, 1.165) is 49.9 Å². The highest BCUT2D eigenvalue weighted by Gasteiger charge is 2.23. The zero-order valence-electron chi connectivity index (χ0n) is 15.5. The van der Waals surface area contributed by atoms with E-state index < -0.39 is 0 Å². The van der Waals surface area contributed by atoms with E-state index in [-0.39, 0.29) is 22.4 Å². The van der Waals surface area contributed by atoms with Gasteiger partial charge in [-0.15, -0.1) is 0 Å². The van der Waals surface area contributed by atoms with Crippen LogP contribution in [-0.2, 0) is 13.5 Å². The van der Waals surface area contributed by atoms with Crippen LogP contribution in [0.3, 0.4) is 0 Å². The molecular weight excluding hydrogens is 326 g/mol. The molecule has 2 heterocycles. The zero-order chi connectivity index (χ0) is 18.3. The number of nitrogens with zero attached hydrogens (tertiary/aromatic N) is 3. The number of para-hydroxylation sites is 1. The predicted octanol–water partition coefficient (Wildman–Crippen LogP) is 3.71. The second-order valence-electron chi connectivity index (χ2n) is 7.35. The molecule has 1 aliphatic rings. The van der Waals surface area contributed by atoms with Gasteiger partial charge in [0.1, 0.15) is 11.2 Å². The molecular formula is C21H25N3O2. The molecule has 0 amide bonds. The van der Waals surface area contributed by atoms with Crippen molar-refractivity contribution in [2.45, 2.75) is 57.9 Å². The van der Waals surface area contributed by atoms with Crippen molar-refractivity contribution in [3.8, 4) is 0 Å². The van der Waals surface area contributed by atoms with E-state index in [1.807, 2.05) is 34.4 Å². The lowest BCUT2D eigenvalue weighted by molar-refractivity contribution is 0.336. The summed E-state index contributed by atoms with van der Waals surface area (Å²) in [6, 6.07) is 7.62. The average molecular weight is 351 g/mol. The van der Waals surface area contributed by atoms with Gasteiger partial charge in [0, 0.05) is 24.9 Å². The van der Waals surface area contributed by atoms with Gasteiger partial charge >= 0.3 is 0 Å². The minimum atomic E-state index is -0.196. The number of hydrogen-bond acceptors (Lipinski definition) is 3. The van der Waals surface area contributed by atoms with Gasteiger partial charge in [-0.25, -0.2) is 4.98 Å². The first-order chi connectivity index (χ1) is 12.6. The van der Waals surface area contributed by atoms with Crippen LogP contribution < -0.4 is 11.0 Å². The second-order valence-corrected chi connectivity index (χ2v) is 7.35. The predicted molar refractivity (Wildman–Crippen MR) is 105 cm³/mol. The molecule has 0 bridgehead atoms. The van der Waals surface area contributed by atoms with Gasteiger partial charge < -0.3 is 4.57 Å². The molecule has 26 heavy (non-hydrogen) atoms. The van der Waals surface area contributed by atoms with Gasteiger partial charge in [-0.3, -0.25) is 14.2 Å². The molecule has 0 radical (unpaired) electrons. The Morgan fingerprint density at radius 1 is 1.12 bits per heavy atom. The normalized spacial score (nSPS) is 15.8. The molecule has 1 fully saturated rings. The van der Waals surface area contributed by atoms with Crippen molar-refractivity contribution in [1.82, 2.24) is 14.1 Å². The topological polar surface area (TPSA) is 56.9 Å². The van der Waals surface area contributed by atoms with Gasteiger partial charge in [0.2, 0.25) is 5.43 Å². The Labute approximate surface area is 152 Å². The molecule has 5 nitrogen and oxygen atoms in total. The smallest absolute Gasteiger partial charge is 0.267 e. The summed E-state index contributed by atoms with van der Waals surface area (Å²) in [4.78, 5) is 31.4. The monoisotopic (exact) mass is 351 g/mol. The van der Waals surface area contributed by atoms with Gasteiger partial charge in [-0.2, -0.15) is 0 Å². The van der Waals surface area contributed by atoms with E-state index >= 15 is 0 Å². The fraction of sp³-hybridized carbons (Fsp3) is 0.476. The van der Waals surface area contributed by atoms with E-state index in [0.29, 0.717) is 11.0 Å². The molecule has 0 spiro atoms. The minimum absolute atomic E-state index is 0.156. The third-order valence-electron chi connectivity index (χ3n) is 5.64. The lowest BCUT2D eigenvalue weighted by Gasteiger charge is -2.26. The summed E-state index contributed by atoms with van der Waals surface area (Å²) in [7, 11) is 1.89. The summed E-state index contributed by atoms with van der Waals surface area (Å²) in [6.07, 6.45) is 7.17. The third kappa shape index (κ3) is 2.57. The van der Waals surface area contributed by atoms with Gasteiger partial charge in [-0.05, 0) is 31.4 Å². The van der Waals surface area contributed by atoms with E-state index in [9.17, 15) is 9.59 Å². The van der Waals surface area contributed by atoms with Gasteiger partial charge in [0.05, 0.1) is 5.52 Å². The van der Waals surface area contributed by atoms with E-state index in [1.54, 1.807) is 6.07 Å². The third-order valence-corrected chi connectivity index (χ3v) is 5.64.